The van der Waals surface area contributed by atoms with E-state index in [9.17, 15) is 9.59 Å². The van der Waals surface area contributed by atoms with Crippen LogP contribution in [0.5, 0.6) is 11.5 Å². The first kappa shape index (κ1) is 17.8. The summed E-state index contributed by atoms with van der Waals surface area (Å²) in [6, 6.07) is 3.01. The van der Waals surface area contributed by atoms with Crippen molar-refractivity contribution in [3.63, 3.8) is 0 Å². The molecule has 0 saturated carbocycles. The molecule has 6 heteroatoms. The Bertz CT molecular complexity index is 620. The SMILES string of the molecule is COc1cc(OC)c2c(c1)C(=O)OCCC/C=C\CCCOC2=O. The lowest BCUT2D eigenvalue weighted by Gasteiger charge is -2.15. The highest BCUT2D eigenvalue weighted by Gasteiger charge is 2.26. The molecule has 0 aliphatic carbocycles. The number of fused-ring (bicyclic) bond motifs is 1. The first-order chi connectivity index (χ1) is 11.7. The summed E-state index contributed by atoms with van der Waals surface area (Å²) < 4.78 is 21.0. The summed E-state index contributed by atoms with van der Waals surface area (Å²) in [4.78, 5) is 24.8. The average Bonchev–Trinajstić information content (AvgIpc) is 2.60. The van der Waals surface area contributed by atoms with Crippen LogP contribution < -0.4 is 9.47 Å². The summed E-state index contributed by atoms with van der Waals surface area (Å²) in [5, 5.41) is 0. The lowest BCUT2D eigenvalue weighted by atomic mass is 10.1. The van der Waals surface area contributed by atoms with Gasteiger partial charge in [0.05, 0.1) is 33.0 Å². The molecule has 1 heterocycles. The topological polar surface area (TPSA) is 71.1 Å². The molecule has 24 heavy (non-hydrogen) atoms. The van der Waals surface area contributed by atoms with Gasteiger partial charge in [0.2, 0.25) is 0 Å². The second-order valence-electron chi connectivity index (χ2n) is 5.28. The van der Waals surface area contributed by atoms with Gasteiger partial charge in [-0.25, -0.2) is 9.59 Å². The number of hydrogen-bond donors (Lipinski definition) is 0. The lowest BCUT2D eigenvalue weighted by molar-refractivity contribution is 0.0449. The summed E-state index contributed by atoms with van der Waals surface area (Å²) in [6.45, 7) is 0.546. The number of allylic oxidation sites excluding steroid dienone is 2. The van der Waals surface area contributed by atoms with E-state index in [0.717, 1.165) is 25.7 Å². The van der Waals surface area contributed by atoms with Crippen LogP contribution in [0, 0.1) is 0 Å². The average molecular weight is 334 g/mol. The molecule has 0 atom stereocenters. The van der Waals surface area contributed by atoms with Crippen LogP contribution in [-0.4, -0.2) is 39.4 Å². The third kappa shape index (κ3) is 4.50. The smallest absolute Gasteiger partial charge is 0.342 e. The van der Waals surface area contributed by atoms with Crippen LogP contribution in [0.25, 0.3) is 0 Å². The van der Waals surface area contributed by atoms with Crippen molar-refractivity contribution in [2.75, 3.05) is 27.4 Å². The zero-order valence-electron chi connectivity index (χ0n) is 14.0. The molecule has 0 bridgehead atoms. The van der Waals surface area contributed by atoms with Gasteiger partial charge in [-0.2, -0.15) is 0 Å². The predicted octanol–water partition coefficient (Wildman–Crippen LogP) is 3.15. The van der Waals surface area contributed by atoms with Crippen LogP contribution in [0.3, 0.4) is 0 Å². The Kier molecular flexibility index (Phi) is 6.66. The van der Waals surface area contributed by atoms with Gasteiger partial charge < -0.3 is 18.9 Å². The van der Waals surface area contributed by atoms with Gasteiger partial charge in [0.1, 0.15) is 17.1 Å². The molecule has 1 aromatic rings. The highest BCUT2D eigenvalue weighted by atomic mass is 16.5. The molecular formula is C18H22O6. The molecule has 1 aliphatic rings. The molecule has 0 aromatic heterocycles. The van der Waals surface area contributed by atoms with Crippen molar-refractivity contribution in [2.45, 2.75) is 25.7 Å². The second kappa shape index (κ2) is 8.96. The highest BCUT2D eigenvalue weighted by molar-refractivity contribution is 6.05. The molecule has 2 rings (SSSR count). The van der Waals surface area contributed by atoms with Crippen LogP contribution >= 0.6 is 0 Å². The minimum absolute atomic E-state index is 0.0656. The summed E-state index contributed by atoms with van der Waals surface area (Å²) >= 11 is 0. The molecule has 6 nitrogen and oxygen atoms in total. The molecule has 0 saturated heterocycles. The summed E-state index contributed by atoms with van der Waals surface area (Å²) in [5.74, 6) is -0.583. The van der Waals surface area contributed by atoms with Crippen molar-refractivity contribution in [2.24, 2.45) is 0 Å². The van der Waals surface area contributed by atoms with Crippen LogP contribution in [0.15, 0.2) is 24.3 Å². The van der Waals surface area contributed by atoms with E-state index in [2.05, 4.69) is 0 Å². The van der Waals surface area contributed by atoms with Crippen LogP contribution in [0.4, 0.5) is 0 Å². The van der Waals surface area contributed by atoms with Crippen LogP contribution in [0.1, 0.15) is 46.4 Å². The fourth-order valence-corrected chi connectivity index (χ4v) is 2.36. The molecule has 0 radical (unpaired) electrons. The van der Waals surface area contributed by atoms with Crippen LogP contribution in [0.2, 0.25) is 0 Å². The fourth-order valence-electron chi connectivity index (χ4n) is 2.36. The van der Waals surface area contributed by atoms with Crippen molar-refractivity contribution in [1.29, 1.82) is 0 Å². The van der Waals surface area contributed by atoms with E-state index < -0.39 is 11.9 Å². The number of methoxy groups -OCH3 is 2. The maximum absolute atomic E-state index is 12.4. The van der Waals surface area contributed by atoms with Gasteiger partial charge >= 0.3 is 11.9 Å². The van der Waals surface area contributed by atoms with E-state index >= 15 is 0 Å². The quantitative estimate of drug-likeness (QED) is 0.611. The lowest BCUT2D eigenvalue weighted by Crippen LogP contribution is -2.17. The van der Waals surface area contributed by atoms with Crippen molar-refractivity contribution >= 4 is 11.9 Å². The maximum Gasteiger partial charge on any atom is 0.342 e. The van der Waals surface area contributed by atoms with E-state index in [1.54, 1.807) is 6.07 Å². The predicted molar refractivity (Wildman–Crippen MR) is 87.7 cm³/mol. The molecule has 130 valence electrons. The molecule has 0 amide bonds. The van der Waals surface area contributed by atoms with Gasteiger partial charge in [-0.3, -0.25) is 0 Å². The number of ether oxygens (including phenoxy) is 4. The Morgan fingerprint density at radius 3 is 2.08 bits per heavy atom. The van der Waals surface area contributed by atoms with Gasteiger partial charge in [0, 0.05) is 6.07 Å². The van der Waals surface area contributed by atoms with E-state index in [1.165, 1.54) is 20.3 Å². The Hall–Kier alpha value is -2.50. The molecule has 0 N–H and O–H groups in total. The number of esters is 2. The fraction of sp³-hybridized carbons (Fsp3) is 0.444. The van der Waals surface area contributed by atoms with Gasteiger partial charge in [-0.1, -0.05) is 12.2 Å². The first-order valence-corrected chi connectivity index (χ1v) is 7.92. The zero-order chi connectivity index (χ0) is 17.4. The molecule has 1 aromatic carbocycles. The Labute approximate surface area is 141 Å². The van der Waals surface area contributed by atoms with Crippen LogP contribution in [-0.2, 0) is 9.47 Å². The summed E-state index contributed by atoms with van der Waals surface area (Å²) in [7, 11) is 2.89. The van der Waals surface area contributed by atoms with E-state index in [-0.39, 0.29) is 30.1 Å². The van der Waals surface area contributed by atoms with E-state index in [1.807, 2.05) is 12.2 Å². The molecule has 0 unspecified atom stereocenters. The Morgan fingerprint density at radius 2 is 1.50 bits per heavy atom. The summed E-state index contributed by atoms with van der Waals surface area (Å²) in [6.07, 6.45) is 7.20. The van der Waals surface area contributed by atoms with E-state index in [0.29, 0.717) is 5.75 Å². The number of rotatable bonds is 2. The number of hydrogen-bond acceptors (Lipinski definition) is 6. The normalized spacial score (nSPS) is 17.8. The monoisotopic (exact) mass is 334 g/mol. The minimum Gasteiger partial charge on any atom is -0.497 e. The molecule has 0 spiro atoms. The largest absolute Gasteiger partial charge is 0.497 e. The standard InChI is InChI=1S/C18H22O6/c1-21-13-11-14-16(15(12-13)22-2)18(20)24-10-8-6-4-3-5-7-9-23-17(14)19/h3-4,11-12H,5-10H2,1-2H3/b4-3-. The van der Waals surface area contributed by atoms with E-state index in [4.69, 9.17) is 18.9 Å². The molecule has 0 fully saturated rings. The third-order valence-corrected chi connectivity index (χ3v) is 3.62. The number of cyclic esters (lactones) is 2. The zero-order valence-corrected chi connectivity index (χ0v) is 14.0. The van der Waals surface area contributed by atoms with Gasteiger partial charge in [0.15, 0.2) is 0 Å². The van der Waals surface area contributed by atoms with Gasteiger partial charge in [0.25, 0.3) is 0 Å². The number of carbonyl (C=O) groups is 2. The Balaban J connectivity index is 2.39. The maximum atomic E-state index is 12.4. The molecule has 1 aliphatic heterocycles. The third-order valence-electron chi connectivity index (χ3n) is 3.62. The number of carbonyl (C=O) groups excluding carboxylic acids is 2. The minimum atomic E-state index is -0.609. The second-order valence-corrected chi connectivity index (χ2v) is 5.28. The van der Waals surface area contributed by atoms with Crippen molar-refractivity contribution in [3.8, 4) is 11.5 Å². The molecular weight excluding hydrogens is 312 g/mol. The van der Waals surface area contributed by atoms with Crippen molar-refractivity contribution < 1.29 is 28.5 Å². The van der Waals surface area contributed by atoms with Gasteiger partial charge in [-0.05, 0) is 31.7 Å². The van der Waals surface area contributed by atoms with Gasteiger partial charge in [-0.15, -0.1) is 0 Å². The summed E-state index contributed by atoms with van der Waals surface area (Å²) in [5.41, 5.74) is 0.153. The van der Waals surface area contributed by atoms with Crippen molar-refractivity contribution in [3.05, 3.63) is 35.4 Å². The van der Waals surface area contributed by atoms with Crippen molar-refractivity contribution in [1.82, 2.24) is 0 Å². The Morgan fingerprint density at radius 1 is 0.875 bits per heavy atom. The highest BCUT2D eigenvalue weighted by Crippen LogP contribution is 2.30. The number of benzene rings is 1. The first-order valence-electron chi connectivity index (χ1n) is 7.92.